The van der Waals surface area contributed by atoms with Gasteiger partial charge in [0.25, 0.3) is 0 Å². The third kappa shape index (κ3) is 1.03. The summed E-state index contributed by atoms with van der Waals surface area (Å²) >= 11 is 0. The Balaban J connectivity index is 2.26. The van der Waals surface area contributed by atoms with Gasteiger partial charge in [0.1, 0.15) is 0 Å². The molecule has 0 spiro atoms. The summed E-state index contributed by atoms with van der Waals surface area (Å²) in [5.41, 5.74) is 8.00. The first-order chi connectivity index (χ1) is 5.77. The first-order valence-electron chi connectivity index (χ1n) is 5.17. The van der Waals surface area contributed by atoms with Crippen LogP contribution in [0.1, 0.15) is 39.0 Å². The standard InChI is InChI=1S/C11H19N/c1-11-7-3-2-4-9(11)5-6-10(11)8-12/h4,10H,2-3,5-8,12H2,1H3. The van der Waals surface area contributed by atoms with Crippen molar-refractivity contribution >= 4 is 0 Å². The lowest BCUT2D eigenvalue weighted by Gasteiger charge is -2.35. The Kier molecular flexibility index (Phi) is 1.99. The van der Waals surface area contributed by atoms with Gasteiger partial charge in [-0.05, 0) is 50.0 Å². The fourth-order valence-electron chi connectivity index (χ4n) is 3.02. The van der Waals surface area contributed by atoms with Crippen molar-refractivity contribution in [1.82, 2.24) is 0 Å². The van der Waals surface area contributed by atoms with E-state index in [0.29, 0.717) is 5.41 Å². The maximum atomic E-state index is 5.80. The van der Waals surface area contributed by atoms with Gasteiger partial charge in [-0.1, -0.05) is 18.6 Å². The minimum absolute atomic E-state index is 0.493. The molecule has 2 aliphatic rings. The number of fused-ring (bicyclic) bond motifs is 1. The zero-order valence-electron chi connectivity index (χ0n) is 7.97. The van der Waals surface area contributed by atoms with Gasteiger partial charge in [-0.2, -0.15) is 0 Å². The zero-order valence-corrected chi connectivity index (χ0v) is 7.97. The van der Waals surface area contributed by atoms with E-state index >= 15 is 0 Å². The average Bonchev–Trinajstić information content (AvgIpc) is 2.41. The molecule has 2 unspecified atom stereocenters. The summed E-state index contributed by atoms with van der Waals surface area (Å²) in [4.78, 5) is 0. The number of rotatable bonds is 1. The fraction of sp³-hybridized carbons (Fsp3) is 0.818. The topological polar surface area (TPSA) is 26.0 Å². The van der Waals surface area contributed by atoms with E-state index in [9.17, 15) is 0 Å². The molecule has 2 atom stereocenters. The molecule has 1 nitrogen and oxygen atoms in total. The van der Waals surface area contributed by atoms with Gasteiger partial charge in [0.15, 0.2) is 0 Å². The molecule has 0 aromatic heterocycles. The van der Waals surface area contributed by atoms with Crippen molar-refractivity contribution in [2.45, 2.75) is 39.0 Å². The highest BCUT2D eigenvalue weighted by Crippen LogP contribution is 2.52. The second-order valence-corrected chi connectivity index (χ2v) is 4.51. The highest BCUT2D eigenvalue weighted by molar-refractivity contribution is 5.22. The van der Waals surface area contributed by atoms with Gasteiger partial charge < -0.3 is 5.73 Å². The molecule has 0 aromatic rings. The number of allylic oxidation sites excluding steroid dienone is 2. The van der Waals surface area contributed by atoms with E-state index < -0.39 is 0 Å². The molecule has 0 saturated heterocycles. The lowest BCUT2D eigenvalue weighted by atomic mass is 9.70. The Hall–Kier alpha value is -0.300. The van der Waals surface area contributed by atoms with Crippen LogP contribution in [-0.2, 0) is 0 Å². The molecule has 1 saturated carbocycles. The van der Waals surface area contributed by atoms with Gasteiger partial charge >= 0.3 is 0 Å². The molecule has 68 valence electrons. The van der Waals surface area contributed by atoms with Crippen molar-refractivity contribution in [3.8, 4) is 0 Å². The zero-order chi connectivity index (χ0) is 8.60. The molecule has 12 heavy (non-hydrogen) atoms. The lowest BCUT2D eigenvalue weighted by Crippen LogP contribution is -2.30. The van der Waals surface area contributed by atoms with Crippen LogP contribution in [0.25, 0.3) is 0 Å². The van der Waals surface area contributed by atoms with Gasteiger partial charge in [-0.3, -0.25) is 0 Å². The Morgan fingerprint density at radius 3 is 3.25 bits per heavy atom. The van der Waals surface area contributed by atoms with Gasteiger partial charge in [-0.25, -0.2) is 0 Å². The molecule has 2 aliphatic carbocycles. The van der Waals surface area contributed by atoms with E-state index in [0.717, 1.165) is 12.5 Å². The summed E-state index contributed by atoms with van der Waals surface area (Å²) in [6, 6.07) is 0. The van der Waals surface area contributed by atoms with Gasteiger partial charge in [0.05, 0.1) is 0 Å². The van der Waals surface area contributed by atoms with Crippen LogP contribution in [-0.4, -0.2) is 6.54 Å². The van der Waals surface area contributed by atoms with E-state index in [2.05, 4.69) is 13.0 Å². The normalized spacial score (nSPS) is 40.8. The number of hydrogen-bond acceptors (Lipinski definition) is 1. The lowest BCUT2D eigenvalue weighted by molar-refractivity contribution is 0.247. The monoisotopic (exact) mass is 165 g/mol. The summed E-state index contributed by atoms with van der Waals surface area (Å²) in [6.07, 6.45) is 9.18. The van der Waals surface area contributed by atoms with Crippen molar-refractivity contribution < 1.29 is 0 Å². The molecular weight excluding hydrogens is 146 g/mol. The molecule has 1 fully saturated rings. The second kappa shape index (κ2) is 2.88. The number of nitrogens with two attached hydrogens (primary N) is 1. The summed E-state index contributed by atoms with van der Waals surface area (Å²) < 4.78 is 0. The second-order valence-electron chi connectivity index (χ2n) is 4.51. The molecule has 0 aliphatic heterocycles. The summed E-state index contributed by atoms with van der Waals surface area (Å²) in [7, 11) is 0. The largest absolute Gasteiger partial charge is 0.330 e. The van der Waals surface area contributed by atoms with Gasteiger partial charge in [0, 0.05) is 0 Å². The summed E-state index contributed by atoms with van der Waals surface area (Å²) in [5, 5.41) is 0. The Labute approximate surface area is 75.0 Å². The average molecular weight is 165 g/mol. The van der Waals surface area contributed by atoms with Crippen LogP contribution in [0.3, 0.4) is 0 Å². The van der Waals surface area contributed by atoms with E-state index in [-0.39, 0.29) is 0 Å². The van der Waals surface area contributed by atoms with Crippen LogP contribution in [0.5, 0.6) is 0 Å². The molecule has 0 bridgehead atoms. The van der Waals surface area contributed by atoms with Crippen molar-refractivity contribution in [2.75, 3.05) is 6.54 Å². The smallest absolute Gasteiger partial charge is 0.00404 e. The SMILES string of the molecule is CC12CCCC=C1CCC2CN. The predicted molar refractivity (Wildman–Crippen MR) is 51.8 cm³/mol. The minimum Gasteiger partial charge on any atom is -0.330 e. The van der Waals surface area contributed by atoms with Crippen LogP contribution in [0.15, 0.2) is 11.6 Å². The van der Waals surface area contributed by atoms with E-state index in [1.54, 1.807) is 5.57 Å². The molecule has 1 heteroatoms. The third-order valence-electron chi connectivity index (χ3n) is 3.97. The van der Waals surface area contributed by atoms with Crippen molar-refractivity contribution in [3.05, 3.63) is 11.6 Å². The van der Waals surface area contributed by atoms with Crippen LogP contribution >= 0.6 is 0 Å². The van der Waals surface area contributed by atoms with Crippen LogP contribution in [0.2, 0.25) is 0 Å². The minimum atomic E-state index is 0.493. The molecule has 2 N–H and O–H groups in total. The highest BCUT2D eigenvalue weighted by Gasteiger charge is 2.42. The molecule has 2 rings (SSSR count). The quantitative estimate of drug-likeness (QED) is 0.593. The van der Waals surface area contributed by atoms with E-state index in [4.69, 9.17) is 5.73 Å². The van der Waals surface area contributed by atoms with Crippen molar-refractivity contribution in [3.63, 3.8) is 0 Å². The first kappa shape index (κ1) is 8.31. The Bertz CT molecular complexity index is 207. The summed E-state index contributed by atoms with van der Waals surface area (Å²) in [5.74, 6) is 0.768. The predicted octanol–water partition coefficient (Wildman–Crippen LogP) is 2.47. The van der Waals surface area contributed by atoms with E-state index in [1.165, 1.54) is 32.1 Å². The van der Waals surface area contributed by atoms with Crippen molar-refractivity contribution in [1.29, 1.82) is 0 Å². The van der Waals surface area contributed by atoms with Crippen molar-refractivity contribution in [2.24, 2.45) is 17.1 Å². The first-order valence-corrected chi connectivity index (χ1v) is 5.17. The van der Waals surface area contributed by atoms with Crippen LogP contribution in [0.4, 0.5) is 0 Å². The van der Waals surface area contributed by atoms with Gasteiger partial charge in [-0.15, -0.1) is 0 Å². The maximum absolute atomic E-state index is 5.80. The Morgan fingerprint density at radius 1 is 1.67 bits per heavy atom. The molecule has 0 heterocycles. The van der Waals surface area contributed by atoms with E-state index in [1.807, 2.05) is 0 Å². The van der Waals surface area contributed by atoms with Crippen LogP contribution < -0.4 is 5.73 Å². The maximum Gasteiger partial charge on any atom is -0.00404 e. The molecular formula is C11H19N. The molecule has 0 amide bonds. The van der Waals surface area contributed by atoms with Gasteiger partial charge in [0.2, 0.25) is 0 Å². The van der Waals surface area contributed by atoms with Crippen LogP contribution in [0, 0.1) is 11.3 Å². The molecule has 0 aromatic carbocycles. The highest BCUT2D eigenvalue weighted by atomic mass is 14.6. The summed E-state index contributed by atoms with van der Waals surface area (Å²) in [6.45, 7) is 3.30. The number of hydrogen-bond donors (Lipinski definition) is 1. The Morgan fingerprint density at radius 2 is 2.50 bits per heavy atom. The third-order valence-corrected chi connectivity index (χ3v) is 3.97. The molecule has 0 radical (unpaired) electrons. The fourth-order valence-corrected chi connectivity index (χ4v) is 3.02.